The third kappa shape index (κ3) is 4.72. The average molecular weight is 407 g/mol. The van der Waals surface area contributed by atoms with Gasteiger partial charge in [-0.2, -0.15) is 0 Å². The number of nitrogens with zero attached hydrogens (tertiary/aromatic N) is 2. The highest BCUT2D eigenvalue weighted by atomic mass is 35.5. The standard InChI is InChI=1S/C24H23ClN2O2/c1-18(29-21-8-3-2-4-9-21)24-26-22-10-5-6-11-23(22)27(24)16-7-17-28-20-14-12-19(25)13-15-20/h2-6,8-15,18H,7,16-17H2,1H3. The fourth-order valence-corrected chi connectivity index (χ4v) is 3.46. The minimum Gasteiger partial charge on any atom is -0.494 e. The maximum Gasteiger partial charge on any atom is 0.153 e. The van der Waals surface area contributed by atoms with Crippen LogP contribution in [0.2, 0.25) is 5.02 Å². The Labute approximate surface area is 175 Å². The number of aryl methyl sites for hydroxylation is 1. The summed E-state index contributed by atoms with van der Waals surface area (Å²) in [7, 11) is 0. The molecule has 4 rings (SSSR count). The molecule has 4 aromatic rings. The molecule has 0 aliphatic carbocycles. The molecule has 148 valence electrons. The fraction of sp³-hybridized carbons (Fsp3) is 0.208. The molecule has 1 atom stereocenters. The molecule has 4 nitrogen and oxygen atoms in total. The predicted molar refractivity (Wildman–Crippen MR) is 117 cm³/mol. The molecular weight excluding hydrogens is 384 g/mol. The SMILES string of the molecule is CC(Oc1ccccc1)c1nc2ccccc2n1CCCOc1ccc(Cl)cc1. The second-order valence-corrected chi connectivity index (χ2v) is 7.28. The van der Waals surface area contributed by atoms with E-state index in [0.717, 1.165) is 41.3 Å². The molecule has 0 fully saturated rings. The smallest absolute Gasteiger partial charge is 0.153 e. The van der Waals surface area contributed by atoms with Gasteiger partial charge in [0, 0.05) is 11.6 Å². The molecule has 0 bridgehead atoms. The van der Waals surface area contributed by atoms with Crippen LogP contribution in [0, 0.1) is 0 Å². The number of aromatic nitrogens is 2. The average Bonchev–Trinajstić information content (AvgIpc) is 3.12. The van der Waals surface area contributed by atoms with Crippen LogP contribution in [0.3, 0.4) is 0 Å². The normalized spacial score (nSPS) is 12.1. The first-order chi connectivity index (χ1) is 14.2. The number of hydrogen-bond donors (Lipinski definition) is 0. The highest BCUT2D eigenvalue weighted by molar-refractivity contribution is 6.30. The van der Waals surface area contributed by atoms with Crippen molar-refractivity contribution in [2.45, 2.75) is 26.0 Å². The zero-order chi connectivity index (χ0) is 20.1. The number of halogens is 1. The predicted octanol–water partition coefficient (Wildman–Crippen LogP) is 6.30. The number of para-hydroxylation sites is 3. The van der Waals surface area contributed by atoms with Gasteiger partial charge >= 0.3 is 0 Å². The van der Waals surface area contributed by atoms with Crippen molar-refractivity contribution in [1.29, 1.82) is 0 Å². The summed E-state index contributed by atoms with van der Waals surface area (Å²) in [6.45, 7) is 3.45. The van der Waals surface area contributed by atoms with Crippen LogP contribution in [0.4, 0.5) is 0 Å². The van der Waals surface area contributed by atoms with Crippen LogP contribution in [0.5, 0.6) is 11.5 Å². The van der Waals surface area contributed by atoms with Crippen LogP contribution in [0.25, 0.3) is 11.0 Å². The molecule has 29 heavy (non-hydrogen) atoms. The minimum absolute atomic E-state index is 0.165. The number of imidazole rings is 1. The van der Waals surface area contributed by atoms with Gasteiger partial charge in [0.15, 0.2) is 11.9 Å². The van der Waals surface area contributed by atoms with Gasteiger partial charge in [-0.1, -0.05) is 41.9 Å². The van der Waals surface area contributed by atoms with Crippen LogP contribution >= 0.6 is 11.6 Å². The molecule has 0 saturated carbocycles. The van der Waals surface area contributed by atoms with Crippen LogP contribution in [-0.2, 0) is 6.54 Å². The highest BCUT2D eigenvalue weighted by Crippen LogP contribution is 2.25. The third-order valence-corrected chi connectivity index (χ3v) is 4.96. The van der Waals surface area contributed by atoms with Gasteiger partial charge in [0.05, 0.1) is 17.6 Å². The Morgan fingerprint density at radius 1 is 0.897 bits per heavy atom. The zero-order valence-electron chi connectivity index (χ0n) is 16.3. The second-order valence-electron chi connectivity index (χ2n) is 6.84. The van der Waals surface area contributed by atoms with Gasteiger partial charge in [0.2, 0.25) is 0 Å². The van der Waals surface area contributed by atoms with Crippen molar-refractivity contribution in [1.82, 2.24) is 9.55 Å². The van der Waals surface area contributed by atoms with E-state index in [1.54, 1.807) is 0 Å². The van der Waals surface area contributed by atoms with E-state index in [1.165, 1.54) is 0 Å². The number of benzene rings is 3. The number of hydrogen-bond acceptors (Lipinski definition) is 3. The molecule has 0 radical (unpaired) electrons. The van der Waals surface area contributed by atoms with Gasteiger partial charge in [0.1, 0.15) is 11.5 Å². The van der Waals surface area contributed by atoms with E-state index in [0.29, 0.717) is 11.6 Å². The van der Waals surface area contributed by atoms with Gasteiger partial charge in [-0.05, 0) is 61.9 Å². The van der Waals surface area contributed by atoms with Crippen molar-refractivity contribution in [3.8, 4) is 11.5 Å². The zero-order valence-corrected chi connectivity index (χ0v) is 17.0. The Morgan fingerprint density at radius 2 is 1.62 bits per heavy atom. The second kappa shape index (κ2) is 9.01. The molecule has 1 aromatic heterocycles. The molecular formula is C24H23ClN2O2. The lowest BCUT2D eigenvalue weighted by Crippen LogP contribution is -2.13. The topological polar surface area (TPSA) is 36.3 Å². The van der Waals surface area contributed by atoms with E-state index in [-0.39, 0.29) is 6.10 Å². The summed E-state index contributed by atoms with van der Waals surface area (Å²) >= 11 is 5.92. The maximum atomic E-state index is 6.13. The summed E-state index contributed by atoms with van der Waals surface area (Å²) < 4.78 is 14.2. The van der Waals surface area contributed by atoms with Crippen LogP contribution < -0.4 is 9.47 Å². The maximum absolute atomic E-state index is 6.13. The third-order valence-electron chi connectivity index (χ3n) is 4.71. The molecule has 0 aliphatic heterocycles. The minimum atomic E-state index is -0.165. The number of ether oxygens (including phenoxy) is 2. The van der Waals surface area contributed by atoms with Crippen LogP contribution in [-0.4, -0.2) is 16.2 Å². The Hall–Kier alpha value is -2.98. The molecule has 0 N–H and O–H groups in total. The summed E-state index contributed by atoms with van der Waals surface area (Å²) in [4.78, 5) is 4.84. The van der Waals surface area contributed by atoms with Gasteiger partial charge in [-0.3, -0.25) is 0 Å². The molecule has 1 heterocycles. The molecule has 1 unspecified atom stereocenters. The van der Waals surface area contributed by atoms with Gasteiger partial charge in [-0.25, -0.2) is 4.98 Å². The van der Waals surface area contributed by atoms with E-state index in [2.05, 4.69) is 10.6 Å². The summed E-state index contributed by atoms with van der Waals surface area (Å²) in [5.74, 6) is 2.58. The van der Waals surface area contributed by atoms with E-state index >= 15 is 0 Å². The first kappa shape index (κ1) is 19.3. The van der Waals surface area contributed by atoms with Crippen LogP contribution in [0.1, 0.15) is 25.3 Å². The fourth-order valence-electron chi connectivity index (χ4n) is 3.34. The van der Waals surface area contributed by atoms with E-state index in [9.17, 15) is 0 Å². The number of fused-ring (bicyclic) bond motifs is 1. The van der Waals surface area contributed by atoms with Crippen molar-refractivity contribution in [2.75, 3.05) is 6.61 Å². The summed E-state index contributed by atoms with van der Waals surface area (Å²) in [6.07, 6.45) is 0.690. The van der Waals surface area contributed by atoms with Gasteiger partial charge < -0.3 is 14.0 Å². The highest BCUT2D eigenvalue weighted by Gasteiger charge is 2.18. The lowest BCUT2D eigenvalue weighted by atomic mass is 10.3. The summed E-state index contributed by atoms with van der Waals surface area (Å²) in [6, 6.07) is 25.5. The van der Waals surface area contributed by atoms with E-state index in [1.807, 2.05) is 79.7 Å². The quantitative estimate of drug-likeness (QED) is 0.322. The molecule has 0 amide bonds. The Bertz CT molecular complexity index is 1060. The molecule has 0 saturated heterocycles. The largest absolute Gasteiger partial charge is 0.494 e. The van der Waals surface area contributed by atoms with Crippen molar-refractivity contribution < 1.29 is 9.47 Å². The number of rotatable bonds is 8. The molecule has 3 aromatic carbocycles. The Morgan fingerprint density at radius 3 is 2.41 bits per heavy atom. The molecule has 0 aliphatic rings. The summed E-state index contributed by atoms with van der Waals surface area (Å²) in [5, 5.41) is 0.708. The van der Waals surface area contributed by atoms with Crippen LogP contribution in [0.15, 0.2) is 78.9 Å². The van der Waals surface area contributed by atoms with Crippen molar-refractivity contribution in [3.05, 3.63) is 89.7 Å². The van der Waals surface area contributed by atoms with Crippen molar-refractivity contribution in [3.63, 3.8) is 0 Å². The van der Waals surface area contributed by atoms with Gasteiger partial charge in [-0.15, -0.1) is 0 Å². The lowest BCUT2D eigenvalue weighted by molar-refractivity contribution is 0.210. The monoisotopic (exact) mass is 406 g/mol. The van der Waals surface area contributed by atoms with Crippen molar-refractivity contribution in [2.24, 2.45) is 0 Å². The lowest BCUT2D eigenvalue weighted by Gasteiger charge is -2.17. The van der Waals surface area contributed by atoms with E-state index < -0.39 is 0 Å². The Balaban J connectivity index is 1.48. The first-order valence-electron chi connectivity index (χ1n) is 9.76. The first-order valence-corrected chi connectivity index (χ1v) is 10.1. The van der Waals surface area contributed by atoms with Crippen molar-refractivity contribution >= 4 is 22.6 Å². The molecule has 5 heteroatoms. The van der Waals surface area contributed by atoms with Gasteiger partial charge in [0.25, 0.3) is 0 Å². The summed E-state index contributed by atoms with van der Waals surface area (Å²) in [5.41, 5.74) is 2.09. The Kier molecular flexibility index (Phi) is 6.01. The van der Waals surface area contributed by atoms with E-state index in [4.69, 9.17) is 26.1 Å². The molecule has 0 spiro atoms.